The van der Waals surface area contributed by atoms with Gasteiger partial charge in [-0.25, -0.2) is 4.39 Å². The number of halogens is 1. The maximum absolute atomic E-state index is 14.3. The molecule has 1 rings (SSSR count). The molecule has 0 aliphatic carbocycles. The molecule has 0 aliphatic rings. The zero-order valence-electron chi connectivity index (χ0n) is 12.5. The highest BCUT2D eigenvalue weighted by Gasteiger charge is 2.21. The Labute approximate surface area is 120 Å². The van der Waals surface area contributed by atoms with Crippen molar-refractivity contribution in [2.24, 2.45) is 0 Å². The van der Waals surface area contributed by atoms with Crippen molar-refractivity contribution in [1.82, 2.24) is 5.32 Å². The monoisotopic (exact) mass is 284 g/mol. The van der Waals surface area contributed by atoms with Gasteiger partial charge in [-0.3, -0.25) is 0 Å². The van der Waals surface area contributed by atoms with Gasteiger partial charge in [0.25, 0.3) is 0 Å². The molecule has 19 heavy (non-hydrogen) atoms. The number of benzene rings is 1. The van der Waals surface area contributed by atoms with E-state index in [1.165, 1.54) is 0 Å². The van der Waals surface area contributed by atoms with Crippen LogP contribution < -0.4 is 10.2 Å². The van der Waals surface area contributed by atoms with Crippen LogP contribution in [0.5, 0.6) is 0 Å². The summed E-state index contributed by atoms with van der Waals surface area (Å²) in [5.74, 6) is 0.871. The summed E-state index contributed by atoms with van der Waals surface area (Å²) < 4.78 is 14.3. The van der Waals surface area contributed by atoms with E-state index in [1.807, 2.05) is 20.2 Å². The molecule has 2 nitrogen and oxygen atoms in total. The number of anilines is 1. The van der Waals surface area contributed by atoms with E-state index in [9.17, 15) is 4.39 Å². The summed E-state index contributed by atoms with van der Waals surface area (Å²) in [7, 11) is 3.90. The fourth-order valence-electron chi connectivity index (χ4n) is 2.29. The van der Waals surface area contributed by atoms with E-state index in [-0.39, 0.29) is 11.9 Å². The predicted molar refractivity (Wildman–Crippen MR) is 84.7 cm³/mol. The highest BCUT2D eigenvalue weighted by Crippen LogP contribution is 2.30. The van der Waals surface area contributed by atoms with Crippen LogP contribution in [0.1, 0.15) is 31.9 Å². The van der Waals surface area contributed by atoms with Gasteiger partial charge in [-0.2, -0.15) is 11.8 Å². The minimum Gasteiger partial charge on any atom is -0.368 e. The lowest BCUT2D eigenvalue weighted by Gasteiger charge is -2.32. The molecule has 0 spiro atoms. The second-order valence-corrected chi connectivity index (χ2v) is 5.73. The smallest absolute Gasteiger partial charge is 0.146 e. The summed E-state index contributed by atoms with van der Waals surface area (Å²) in [5.41, 5.74) is 1.75. The largest absolute Gasteiger partial charge is 0.368 e. The third kappa shape index (κ3) is 3.86. The van der Waals surface area contributed by atoms with Crippen LogP contribution in [-0.4, -0.2) is 32.1 Å². The zero-order valence-corrected chi connectivity index (χ0v) is 13.4. The van der Waals surface area contributed by atoms with Gasteiger partial charge in [0, 0.05) is 24.9 Å². The van der Waals surface area contributed by atoms with Gasteiger partial charge in [0.2, 0.25) is 0 Å². The molecule has 4 heteroatoms. The fraction of sp³-hybridized carbons (Fsp3) is 0.600. The molecule has 0 aromatic heterocycles. The Morgan fingerprint density at radius 3 is 2.63 bits per heavy atom. The van der Waals surface area contributed by atoms with Gasteiger partial charge >= 0.3 is 0 Å². The molecule has 0 bridgehead atoms. The van der Waals surface area contributed by atoms with Crippen LogP contribution in [0.25, 0.3) is 0 Å². The maximum atomic E-state index is 14.3. The lowest BCUT2D eigenvalue weighted by atomic mass is 10.0. The Kier molecular flexibility index (Phi) is 6.66. The van der Waals surface area contributed by atoms with E-state index >= 15 is 0 Å². The molecule has 2 atom stereocenters. The topological polar surface area (TPSA) is 15.3 Å². The fourth-order valence-corrected chi connectivity index (χ4v) is 3.13. The van der Waals surface area contributed by atoms with E-state index in [4.69, 9.17) is 0 Å². The van der Waals surface area contributed by atoms with Crippen molar-refractivity contribution in [2.45, 2.75) is 32.4 Å². The molecule has 0 radical (unpaired) electrons. The molecule has 108 valence electrons. The van der Waals surface area contributed by atoms with E-state index < -0.39 is 0 Å². The molecule has 0 amide bonds. The first-order chi connectivity index (χ1) is 9.06. The minimum absolute atomic E-state index is 0.137. The maximum Gasteiger partial charge on any atom is 0.146 e. The molecule has 0 saturated carbocycles. The summed E-state index contributed by atoms with van der Waals surface area (Å²) in [5, 5.41) is 3.19. The highest BCUT2D eigenvalue weighted by molar-refractivity contribution is 7.98. The van der Waals surface area contributed by atoms with Gasteiger partial charge in [0.1, 0.15) is 5.82 Å². The summed E-state index contributed by atoms with van der Waals surface area (Å²) in [6.45, 7) is 4.21. The summed E-state index contributed by atoms with van der Waals surface area (Å²) in [6.07, 6.45) is 3.11. The molecule has 2 unspecified atom stereocenters. The van der Waals surface area contributed by atoms with Crippen LogP contribution >= 0.6 is 11.8 Å². The summed E-state index contributed by atoms with van der Waals surface area (Å²) >= 11 is 1.80. The third-order valence-corrected chi connectivity index (χ3v) is 4.37. The SMILES string of the molecule is CCC(CSC)N(C)c1c(F)cccc1C(C)NC. The Morgan fingerprint density at radius 2 is 2.11 bits per heavy atom. The molecular weight excluding hydrogens is 259 g/mol. The number of hydrogen-bond donors (Lipinski definition) is 1. The van der Waals surface area contributed by atoms with Crippen molar-refractivity contribution < 1.29 is 4.39 Å². The van der Waals surface area contributed by atoms with Gasteiger partial charge in [-0.15, -0.1) is 0 Å². The van der Waals surface area contributed by atoms with Crippen LogP contribution in [0, 0.1) is 5.82 Å². The molecule has 0 heterocycles. The van der Waals surface area contributed by atoms with Gasteiger partial charge in [-0.05, 0) is 38.3 Å². The minimum atomic E-state index is -0.137. The quantitative estimate of drug-likeness (QED) is 0.822. The summed E-state index contributed by atoms with van der Waals surface area (Å²) in [6, 6.07) is 5.83. The first-order valence-electron chi connectivity index (χ1n) is 6.74. The predicted octanol–water partition coefficient (Wildman–Crippen LogP) is 3.68. The molecular formula is C15H25FN2S. The van der Waals surface area contributed by atoms with Crippen molar-refractivity contribution in [2.75, 3.05) is 31.0 Å². The molecule has 1 aromatic carbocycles. The second-order valence-electron chi connectivity index (χ2n) is 4.82. The second kappa shape index (κ2) is 7.75. The number of rotatable bonds is 7. The lowest BCUT2D eigenvalue weighted by molar-refractivity contribution is 0.583. The molecule has 0 saturated heterocycles. The van der Waals surface area contributed by atoms with Crippen molar-refractivity contribution >= 4 is 17.4 Å². The van der Waals surface area contributed by atoms with E-state index in [0.717, 1.165) is 23.4 Å². The van der Waals surface area contributed by atoms with Crippen molar-refractivity contribution in [3.05, 3.63) is 29.6 Å². The lowest BCUT2D eigenvalue weighted by Crippen LogP contribution is -2.35. The van der Waals surface area contributed by atoms with Crippen molar-refractivity contribution in [1.29, 1.82) is 0 Å². The third-order valence-electron chi connectivity index (χ3n) is 3.65. The summed E-state index contributed by atoms with van der Waals surface area (Å²) in [4.78, 5) is 2.09. The Bertz CT molecular complexity index is 398. The average molecular weight is 284 g/mol. The first kappa shape index (κ1) is 16.3. The van der Waals surface area contributed by atoms with E-state index in [0.29, 0.717) is 6.04 Å². The van der Waals surface area contributed by atoms with Gasteiger partial charge in [0.15, 0.2) is 0 Å². The van der Waals surface area contributed by atoms with Crippen molar-refractivity contribution in [3.8, 4) is 0 Å². The van der Waals surface area contributed by atoms with Gasteiger partial charge < -0.3 is 10.2 Å². The zero-order chi connectivity index (χ0) is 14.4. The van der Waals surface area contributed by atoms with Gasteiger partial charge in [0.05, 0.1) is 5.69 Å². The van der Waals surface area contributed by atoms with E-state index in [1.54, 1.807) is 23.9 Å². The van der Waals surface area contributed by atoms with Crippen LogP contribution in [0.3, 0.4) is 0 Å². The number of thioether (sulfide) groups is 1. The number of hydrogen-bond acceptors (Lipinski definition) is 3. The van der Waals surface area contributed by atoms with E-state index in [2.05, 4.69) is 30.3 Å². The number of nitrogens with zero attached hydrogens (tertiary/aromatic N) is 1. The molecule has 0 aliphatic heterocycles. The Balaban J connectivity index is 3.16. The Morgan fingerprint density at radius 1 is 1.42 bits per heavy atom. The molecule has 1 N–H and O–H groups in total. The normalized spacial score (nSPS) is 14.2. The van der Waals surface area contributed by atoms with Crippen molar-refractivity contribution in [3.63, 3.8) is 0 Å². The number of para-hydroxylation sites is 1. The number of nitrogens with one attached hydrogen (secondary N) is 1. The van der Waals surface area contributed by atoms with Crippen LogP contribution in [0.2, 0.25) is 0 Å². The first-order valence-corrected chi connectivity index (χ1v) is 8.13. The Hall–Kier alpha value is -0.740. The average Bonchev–Trinajstić information content (AvgIpc) is 2.42. The van der Waals surface area contributed by atoms with Crippen LogP contribution in [-0.2, 0) is 0 Å². The standard InChI is InChI=1S/C15H25FN2S/c1-6-12(10-19-5)18(4)15-13(11(2)17-3)8-7-9-14(15)16/h7-9,11-12,17H,6,10H2,1-5H3. The van der Waals surface area contributed by atoms with Crippen LogP contribution in [0.4, 0.5) is 10.1 Å². The molecule has 1 aromatic rings. The molecule has 0 fully saturated rings. The van der Waals surface area contributed by atoms with Gasteiger partial charge in [-0.1, -0.05) is 19.1 Å². The highest BCUT2D eigenvalue weighted by atomic mass is 32.2. The van der Waals surface area contributed by atoms with Crippen LogP contribution in [0.15, 0.2) is 18.2 Å².